The molecule has 0 radical (unpaired) electrons. The predicted octanol–water partition coefficient (Wildman–Crippen LogP) is 1.63. The van der Waals surface area contributed by atoms with Crippen molar-refractivity contribution in [1.82, 2.24) is 14.8 Å². The Kier molecular flexibility index (Phi) is 4.42. The molecule has 0 aliphatic heterocycles. The summed E-state index contributed by atoms with van der Waals surface area (Å²) in [4.78, 5) is 4.00. The highest BCUT2D eigenvalue weighted by Gasteiger charge is 2.12. The summed E-state index contributed by atoms with van der Waals surface area (Å²) in [7, 11) is -3.68. The van der Waals surface area contributed by atoms with Crippen LogP contribution in [0, 0.1) is 0 Å². The average molecular weight is 349 g/mol. The molecular formula is C14H15N5O2S2. The molecule has 0 spiro atoms. The summed E-state index contributed by atoms with van der Waals surface area (Å²) in [5, 5.41) is 12.9. The fourth-order valence-corrected chi connectivity index (χ4v) is 3.50. The van der Waals surface area contributed by atoms with Gasteiger partial charge in [0.1, 0.15) is 0 Å². The fraction of sp³-hybridized carbons (Fsp3) is 0.143. The maximum absolute atomic E-state index is 11.2. The third-order valence-electron chi connectivity index (χ3n) is 3.16. The third-order valence-corrected chi connectivity index (χ3v) is 5.52. The van der Waals surface area contributed by atoms with Gasteiger partial charge in [-0.2, -0.15) is 5.10 Å². The molecule has 0 saturated heterocycles. The van der Waals surface area contributed by atoms with Gasteiger partial charge in [0.05, 0.1) is 11.9 Å². The second kappa shape index (κ2) is 6.49. The lowest BCUT2D eigenvalue weighted by molar-refractivity contribution is 0.599. The van der Waals surface area contributed by atoms with Crippen LogP contribution in [0.1, 0.15) is 5.56 Å². The summed E-state index contributed by atoms with van der Waals surface area (Å²) in [6.07, 6.45) is 5.69. The maximum Gasteiger partial charge on any atom is 0.249 e. The second-order valence-corrected chi connectivity index (χ2v) is 7.64. The maximum atomic E-state index is 11.2. The number of aromatic nitrogens is 3. The Morgan fingerprint density at radius 3 is 2.65 bits per heavy atom. The summed E-state index contributed by atoms with van der Waals surface area (Å²) >= 11 is 1.03. The average Bonchev–Trinajstić information content (AvgIpc) is 3.19. The zero-order valence-electron chi connectivity index (χ0n) is 12.1. The van der Waals surface area contributed by atoms with E-state index >= 15 is 0 Å². The van der Waals surface area contributed by atoms with Gasteiger partial charge in [0.15, 0.2) is 9.34 Å². The normalized spacial score (nSPS) is 11.5. The third kappa shape index (κ3) is 3.95. The molecule has 0 atom stereocenters. The lowest BCUT2D eigenvalue weighted by Gasteiger charge is -2.05. The van der Waals surface area contributed by atoms with Gasteiger partial charge < -0.3 is 5.32 Å². The summed E-state index contributed by atoms with van der Waals surface area (Å²) in [6.45, 7) is 0.651. The van der Waals surface area contributed by atoms with E-state index in [9.17, 15) is 8.42 Å². The number of nitrogens with zero attached hydrogens (tertiary/aromatic N) is 3. The van der Waals surface area contributed by atoms with Crippen LogP contribution in [0.4, 0.5) is 5.13 Å². The molecule has 3 aromatic rings. The predicted molar refractivity (Wildman–Crippen MR) is 89.2 cm³/mol. The van der Waals surface area contributed by atoms with E-state index < -0.39 is 10.0 Å². The first-order chi connectivity index (χ1) is 11.0. The van der Waals surface area contributed by atoms with Gasteiger partial charge in [-0.05, 0) is 30.2 Å². The van der Waals surface area contributed by atoms with Gasteiger partial charge in [0.2, 0.25) is 10.0 Å². The van der Waals surface area contributed by atoms with Crippen molar-refractivity contribution in [1.29, 1.82) is 0 Å². The SMILES string of the molecule is NS(=O)(=O)c1cnc(NCCc2ccc(-n3cccn3)cc2)s1. The van der Waals surface area contributed by atoms with Crippen molar-refractivity contribution in [3.8, 4) is 5.69 Å². The van der Waals surface area contributed by atoms with Crippen LogP contribution in [0.2, 0.25) is 0 Å². The molecule has 0 saturated carbocycles. The second-order valence-electron chi connectivity index (χ2n) is 4.82. The Morgan fingerprint density at radius 1 is 1.26 bits per heavy atom. The minimum atomic E-state index is -3.68. The van der Waals surface area contributed by atoms with E-state index in [1.165, 1.54) is 6.20 Å². The zero-order valence-corrected chi connectivity index (χ0v) is 13.7. The minimum Gasteiger partial charge on any atom is -0.361 e. The summed E-state index contributed by atoms with van der Waals surface area (Å²) in [6, 6.07) is 9.96. The Hall–Kier alpha value is -2.23. The summed E-state index contributed by atoms with van der Waals surface area (Å²) in [5.74, 6) is 0. The van der Waals surface area contributed by atoms with E-state index in [4.69, 9.17) is 5.14 Å². The number of thiazole rings is 1. The van der Waals surface area contributed by atoms with Gasteiger partial charge in [-0.25, -0.2) is 23.2 Å². The number of rotatable bonds is 6. The molecule has 2 aromatic heterocycles. The highest BCUT2D eigenvalue weighted by molar-refractivity contribution is 7.91. The van der Waals surface area contributed by atoms with Crippen molar-refractivity contribution in [2.45, 2.75) is 10.6 Å². The van der Waals surface area contributed by atoms with Crippen LogP contribution in [0.25, 0.3) is 5.69 Å². The van der Waals surface area contributed by atoms with Crippen LogP contribution >= 0.6 is 11.3 Å². The van der Waals surface area contributed by atoms with Crippen molar-refractivity contribution >= 4 is 26.5 Å². The lowest BCUT2D eigenvalue weighted by atomic mass is 10.1. The van der Waals surface area contributed by atoms with E-state index in [1.54, 1.807) is 10.9 Å². The first-order valence-corrected chi connectivity index (χ1v) is 9.20. The van der Waals surface area contributed by atoms with Crippen LogP contribution in [0.5, 0.6) is 0 Å². The van der Waals surface area contributed by atoms with Gasteiger partial charge in [0, 0.05) is 18.9 Å². The smallest absolute Gasteiger partial charge is 0.249 e. The summed E-state index contributed by atoms with van der Waals surface area (Å²) < 4.78 is 24.2. The van der Waals surface area contributed by atoms with E-state index in [2.05, 4.69) is 15.4 Å². The highest BCUT2D eigenvalue weighted by Crippen LogP contribution is 2.21. The molecule has 0 aliphatic rings. The Balaban J connectivity index is 1.55. The highest BCUT2D eigenvalue weighted by atomic mass is 32.2. The molecule has 2 heterocycles. The zero-order chi connectivity index (χ0) is 16.3. The van der Waals surface area contributed by atoms with Crippen LogP contribution < -0.4 is 10.5 Å². The minimum absolute atomic E-state index is 0.0589. The lowest BCUT2D eigenvalue weighted by Crippen LogP contribution is -2.10. The number of anilines is 1. The van der Waals surface area contributed by atoms with Crippen LogP contribution in [-0.2, 0) is 16.4 Å². The van der Waals surface area contributed by atoms with Gasteiger partial charge in [-0.15, -0.1) is 0 Å². The summed E-state index contributed by atoms with van der Waals surface area (Å²) in [5.41, 5.74) is 2.17. The first-order valence-electron chi connectivity index (χ1n) is 6.84. The molecular weight excluding hydrogens is 334 g/mol. The van der Waals surface area contributed by atoms with E-state index in [1.807, 2.05) is 36.5 Å². The van der Waals surface area contributed by atoms with E-state index in [0.717, 1.165) is 29.0 Å². The molecule has 120 valence electrons. The monoisotopic (exact) mass is 349 g/mol. The van der Waals surface area contributed by atoms with Crippen LogP contribution in [-0.4, -0.2) is 29.7 Å². The van der Waals surface area contributed by atoms with Gasteiger partial charge in [-0.3, -0.25) is 0 Å². The topological polar surface area (TPSA) is 103 Å². The fourth-order valence-electron chi connectivity index (χ4n) is 2.02. The first kappa shape index (κ1) is 15.7. The number of primary sulfonamides is 1. The number of hydrogen-bond donors (Lipinski definition) is 2. The van der Waals surface area contributed by atoms with Gasteiger partial charge in [0.25, 0.3) is 0 Å². The van der Waals surface area contributed by atoms with Crippen molar-refractivity contribution in [2.24, 2.45) is 5.14 Å². The van der Waals surface area contributed by atoms with Crippen molar-refractivity contribution in [2.75, 3.05) is 11.9 Å². The Morgan fingerprint density at radius 2 is 2.04 bits per heavy atom. The van der Waals surface area contributed by atoms with Crippen molar-refractivity contribution in [3.63, 3.8) is 0 Å². The molecule has 1 aromatic carbocycles. The number of nitrogens with one attached hydrogen (secondary N) is 1. The number of sulfonamides is 1. The van der Waals surface area contributed by atoms with Crippen molar-refractivity contribution < 1.29 is 8.42 Å². The molecule has 7 nitrogen and oxygen atoms in total. The van der Waals surface area contributed by atoms with Crippen LogP contribution in [0.15, 0.2) is 53.1 Å². The Labute approximate surface area is 137 Å². The van der Waals surface area contributed by atoms with Gasteiger partial charge in [-0.1, -0.05) is 23.5 Å². The number of hydrogen-bond acceptors (Lipinski definition) is 6. The van der Waals surface area contributed by atoms with Crippen LogP contribution in [0.3, 0.4) is 0 Å². The quantitative estimate of drug-likeness (QED) is 0.704. The molecule has 0 unspecified atom stereocenters. The molecule has 3 N–H and O–H groups in total. The molecule has 0 bridgehead atoms. The van der Waals surface area contributed by atoms with Gasteiger partial charge >= 0.3 is 0 Å². The molecule has 0 amide bonds. The molecule has 3 rings (SSSR count). The molecule has 9 heteroatoms. The van der Waals surface area contributed by atoms with E-state index in [-0.39, 0.29) is 4.21 Å². The number of benzene rings is 1. The van der Waals surface area contributed by atoms with Crippen molar-refractivity contribution in [3.05, 3.63) is 54.5 Å². The molecule has 0 aliphatic carbocycles. The van der Waals surface area contributed by atoms with E-state index in [0.29, 0.717) is 11.7 Å². The number of nitrogens with two attached hydrogens (primary N) is 1. The largest absolute Gasteiger partial charge is 0.361 e. The molecule has 0 fully saturated rings. The Bertz CT molecular complexity index is 870. The molecule has 23 heavy (non-hydrogen) atoms. The standard InChI is InChI=1S/C14H15N5O2S2/c15-23(20,21)13-10-17-14(22-13)16-8-6-11-2-4-12(5-3-11)19-9-1-7-18-19/h1-5,7,9-10H,6,8H2,(H,16,17)(H2,15,20,21).